The lowest BCUT2D eigenvalue weighted by molar-refractivity contribution is -0.119. The number of fused-ring (bicyclic) bond motifs is 3. The first-order chi connectivity index (χ1) is 14.4. The minimum Gasteiger partial charge on any atom is -0.492 e. The molecule has 2 aromatic rings. The third-order valence-corrected chi connectivity index (χ3v) is 5.96. The van der Waals surface area contributed by atoms with Crippen LogP contribution in [0.15, 0.2) is 27.9 Å². The number of amides is 1. The van der Waals surface area contributed by atoms with Gasteiger partial charge in [-0.2, -0.15) is 0 Å². The second kappa shape index (κ2) is 8.95. The minimum atomic E-state index is -0.543. The summed E-state index contributed by atoms with van der Waals surface area (Å²) >= 11 is 1.33. The molecule has 0 bridgehead atoms. The van der Waals surface area contributed by atoms with E-state index in [1.54, 1.807) is 12.1 Å². The molecular weight excluding hydrogens is 409 g/mol. The van der Waals surface area contributed by atoms with Gasteiger partial charge in [-0.3, -0.25) is 9.59 Å². The zero-order chi connectivity index (χ0) is 22.0. The van der Waals surface area contributed by atoms with Gasteiger partial charge < -0.3 is 19.5 Å². The van der Waals surface area contributed by atoms with Crippen LogP contribution < -0.4 is 25.0 Å². The van der Waals surface area contributed by atoms with Crippen molar-refractivity contribution in [1.82, 2.24) is 5.32 Å². The monoisotopic (exact) mass is 433 g/mol. The molecule has 1 aliphatic rings. The van der Waals surface area contributed by atoms with Crippen molar-refractivity contribution in [3.63, 3.8) is 0 Å². The van der Waals surface area contributed by atoms with Crippen molar-refractivity contribution in [2.75, 3.05) is 27.6 Å². The number of methoxy groups -OCH3 is 3. The van der Waals surface area contributed by atoms with E-state index in [0.717, 1.165) is 0 Å². The van der Waals surface area contributed by atoms with Gasteiger partial charge in [0.1, 0.15) is 0 Å². The van der Waals surface area contributed by atoms with Crippen LogP contribution in [-0.2, 0) is 11.2 Å². The van der Waals surface area contributed by atoms with Crippen molar-refractivity contribution in [1.29, 1.82) is 0 Å². The predicted octanol–water partition coefficient (Wildman–Crippen LogP) is 3.72. The number of carbonyl (C=O) groups is 1. The number of carbonyl (C=O) groups excluding carboxylic acids is 1. The minimum absolute atomic E-state index is 0.0396. The Bertz CT molecular complexity index is 1060. The molecular formula is C22H24FNO5S. The highest BCUT2D eigenvalue weighted by atomic mass is 32.2. The Kier molecular flexibility index (Phi) is 6.55. The van der Waals surface area contributed by atoms with Gasteiger partial charge in [-0.15, -0.1) is 11.8 Å². The standard InChI is InChI=1S/C22H24FNO5S/c1-11(25)24-15-8-6-13-18(12-7-9-17(30-5)16(26)10-14(12)15)20(27-2)22(29-4)21(28-3)19(13)23/h7,9-10,15H,6,8H2,1-5H3,(H,24,25)/t15-/m0/s1. The van der Waals surface area contributed by atoms with Gasteiger partial charge in [0.05, 0.1) is 32.3 Å². The maximum Gasteiger partial charge on any atom is 0.217 e. The lowest BCUT2D eigenvalue weighted by Gasteiger charge is -2.20. The van der Waals surface area contributed by atoms with E-state index < -0.39 is 11.9 Å². The third kappa shape index (κ3) is 3.71. The molecule has 8 heteroatoms. The van der Waals surface area contributed by atoms with Gasteiger partial charge in [0.25, 0.3) is 0 Å². The zero-order valence-corrected chi connectivity index (χ0v) is 18.4. The zero-order valence-electron chi connectivity index (χ0n) is 17.6. The lowest BCUT2D eigenvalue weighted by Crippen LogP contribution is -2.26. The molecule has 0 radical (unpaired) electrons. The molecule has 1 atom stereocenters. The fraction of sp³-hybridized carbons (Fsp3) is 0.364. The summed E-state index contributed by atoms with van der Waals surface area (Å²) in [7, 11) is 4.25. The van der Waals surface area contributed by atoms with Crippen molar-refractivity contribution in [3.8, 4) is 28.4 Å². The van der Waals surface area contributed by atoms with E-state index in [1.165, 1.54) is 46.1 Å². The number of rotatable bonds is 5. The quantitative estimate of drug-likeness (QED) is 0.725. The van der Waals surface area contributed by atoms with Crippen LogP contribution in [-0.4, -0.2) is 33.5 Å². The number of nitrogens with one attached hydrogen (secondary N) is 1. The van der Waals surface area contributed by atoms with E-state index in [0.29, 0.717) is 45.7 Å². The molecule has 0 fully saturated rings. The summed E-state index contributed by atoms with van der Waals surface area (Å²) in [5, 5.41) is 2.90. The Labute approximate surface area is 178 Å². The summed E-state index contributed by atoms with van der Waals surface area (Å²) in [6.45, 7) is 1.42. The summed E-state index contributed by atoms with van der Waals surface area (Å²) in [5.41, 5.74) is 1.94. The molecule has 0 spiro atoms. The fourth-order valence-corrected chi connectivity index (χ4v) is 4.40. The average molecular weight is 434 g/mol. The molecule has 0 aromatic heterocycles. The molecule has 30 heavy (non-hydrogen) atoms. The van der Waals surface area contributed by atoms with Gasteiger partial charge in [0.2, 0.25) is 17.4 Å². The highest BCUT2D eigenvalue weighted by Gasteiger charge is 2.32. The van der Waals surface area contributed by atoms with Gasteiger partial charge in [0, 0.05) is 18.1 Å². The van der Waals surface area contributed by atoms with Gasteiger partial charge >= 0.3 is 0 Å². The topological polar surface area (TPSA) is 73.9 Å². The molecule has 0 saturated carbocycles. The van der Waals surface area contributed by atoms with Crippen LogP contribution in [0.3, 0.4) is 0 Å². The summed E-state index contributed by atoms with van der Waals surface area (Å²) in [5.74, 6) is -0.358. The first-order valence-corrected chi connectivity index (χ1v) is 10.6. The molecule has 1 aliphatic carbocycles. The second-order valence-corrected chi connectivity index (χ2v) is 7.69. The van der Waals surface area contributed by atoms with Crippen LogP contribution in [0.4, 0.5) is 4.39 Å². The van der Waals surface area contributed by atoms with E-state index >= 15 is 4.39 Å². The lowest BCUT2D eigenvalue weighted by atomic mass is 9.95. The molecule has 1 amide bonds. The van der Waals surface area contributed by atoms with Crippen LogP contribution in [0, 0.1) is 5.82 Å². The van der Waals surface area contributed by atoms with E-state index in [-0.39, 0.29) is 22.8 Å². The molecule has 6 nitrogen and oxygen atoms in total. The number of hydrogen-bond acceptors (Lipinski definition) is 6. The first-order valence-electron chi connectivity index (χ1n) is 9.37. The van der Waals surface area contributed by atoms with Crippen LogP contribution in [0.5, 0.6) is 17.2 Å². The van der Waals surface area contributed by atoms with Crippen LogP contribution in [0.25, 0.3) is 11.1 Å². The van der Waals surface area contributed by atoms with E-state index in [4.69, 9.17) is 14.2 Å². The summed E-state index contributed by atoms with van der Waals surface area (Å²) in [6, 6.07) is 4.54. The maximum absolute atomic E-state index is 15.5. The number of hydrogen-bond donors (Lipinski definition) is 1. The largest absolute Gasteiger partial charge is 0.492 e. The summed E-state index contributed by atoms with van der Waals surface area (Å²) in [4.78, 5) is 25.1. The average Bonchev–Trinajstić information content (AvgIpc) is 2.96. The van der Waals surface area contributed by atoms with E-state index in [1.807, 2.05) is 6.26 Å². The summed E-state index contributed by atoms with van der Waals surface area (Å²) in [6.07, 6.45) is 2.54. The molecule has 1 N–H and O–H groups in total. The Morgan fingerprint density at radius 1 is 1.13 bits per heavy atom. The van der Waals surface area contributed by atoms with Crippen molar-refractivity contribution in [2.24, 2.45) is 0 Å². The molecule has 160 valence electrons. The fourth-order valence-electron chi connectivity index (χ4n) is 3.93. The third-order valence-electron chi connectivity index (χ3n) is 5.18. The molecule has 3 rings (SSSR count). The SMILES string of the molecule is COc1c(F)c2c(c(OC)c1OC)-c1ccc(SC)c(=O)cc1[C@@H](NC(C)=O)CC2. The smallest absolute Gasteiger partial charge is 0.217 e. The van der Waals surface area contributed by atoms with E-state index in [9.17, 15) is 9.59 Å². The van der Waals surface area contributed by atoms with Crippen molar-refractivity contribution < 1.29 is 23.4 Å². The number of thioether (sulfide) groups is 1. The number of ether oxygens (including phenoxy) is 3. The Hall–Kier alpha value is -2.74. The van der Waals surface area contributed by atoms with Gasteiger partial charge in [-0.1, -0.05) is 6.07 Å². The highest BCUT2D eigenvalue weighted by Crippen LogP contribution is 2.51. The molecule has 0 aliphatic heterocycles. The Morgan fingerprint density at radius 3 is 2.37 bits per heavy atom. The normalized spacial score (nSPS) is 14.8. The molecule has 0 saturated heterocycles. The van der Waals surface area contributed by atoms with Gasteiger partial charge in [-0.25, -0.2) is 4.39 Å². The molecule has 0 heterocycles. The maximum atomic E-state index is 15.5. The second-order valence-electron chi connectivity index (χ2n) is 6.84. The van der Waals surface area contributed by atoms with Crippen molar-refractivity contribution in [2.45, 2.75) is 30.7 Å². The van der Waals surface area contributed by atoms with Crippen LogP contribution >= 0.6 is 11.8 Å². The van der Waals surface area contributed by atoms with Gasteiger partial charge in [-0.05, 0) is 42.4 Å². The first kappa shape index (κ1) is 22.0. The summed E-state index contributed by atoms with van der Waals surface area (Å²) < 4.78 is 31.8. The Morgan fingerprint density at radius 2 is 1.80 bits per heavy atom. The Balaban J connectivity index is 2.47. The van der Waals surface area contributed by atoms with E-state index in [2.05, 4.69) is 5.32 Å². The van der Waals surface area contributed by atoms with Crippen molar-refractivity contribution in [3.05, 3.63) is 45.4 Å². The number of halogens is 1. The number of benzene rings is 1. The highest BCUT2D eigenvalue weighted by molar-refractivity contribution is 7.98. The molecule has 0 unspecified atom stereocenters. The predicted molar refractivity (Wildman–Crippen MR) is 114 cm³/mol. The van der Waals surface area contributed by atoms with Gasteiger partial charge in [0.15, 0.2) is 17.0 Å². The van der Waals surface area contributed by atoms with Crippen molar-refractivity contribution >= 4 is 17.7 Å². The van der Waals surface area contributed by atoms with Crippen LogP contribution in [0.2, 0.25) is 0 Å². The molecule has 2 aromatic carbocycles. The van der Waals surface area contributed by atoms with Crippen LogP contribution in [0.1, 0.15) is 30.5 Å².